The fourth-order valence-corrected chi connectivity index (χ4v) is 2.95. The van der Waals surface area contributed by atoms with Crippen molar-refractivity contribution in [1.82, 2.24) is 4.90 Å². The van der Waals surface area contributed by atoms with E-state index in [-0.39, 0.29) is 12.5 Å². The number of nitrogens with two attached hydrogens (primary N) is 1. The van der Waals surface area contributed by atoms with E-state index < -0.39 is 6.04 Å². The lowest BCUT2D eigenvalue weighted by molar-refractivity contribution is -0.135. The van der Waals surface area contributed by atoms with Crippen LogP contribution >= 0.6 is 0 Å². The summed E-state index contributed by atoms with van der Waals surface area (Å²) in [6.07, 6.45) is 0. The third-order valence-electron chi connectivity index (χ3n) is 4.02. The summed E-state index contributed by atoms with van der Waals surface area (Å²) in [7, 11) is 1.56. The van der Waals surface area contributed by atoms with Crippen LogP contribution in [0.4, 0.5) is 0 Å². The largest absolute Gasteiger partial charge is 0.383 e. The molecular formula is C18H20N2O2. The first kappa shape index (κ1) is 14.8. The summed E-state index contributed by atoms with van der Waals surface area (Å²) in [6.45, 7) is 1.38. The van der Waals surface area contributed by atoms with Crippen LogP contribution in [0.1, 0.15) is 11.1 Å². The van der Waals surface area contributed by atoms with E-state index in [1.54, 1.807) is 7.11 Å². The topological polar surface area (TPSA) is 55.6 Å². The van der Waals surface area contributed by atoms with Gasteiger partial charge >= 0.3 is 0 Å². The van der Waals surface area contributed by atoms with Gasteiger partial charge in [0.15, 0.2) is 0 Å². The van der Waals surface area contributed by atoms with Crippen LogP contribution in [0.3, 0.4) is 0 Å². The third-order valence-corrected chi connectivity index (χ3v) is 4.02. The lowest BCUT2D eigenvalue weighted by Crippen LogP contribution is -2.45. The van der Waals surface area contributed by atoms with Gasteiger partial charge in [-0.05, 0) is 22.3 Å². The summed E-state index contributed by atoms with van der Waals surface area (Å²) < 4.78 is 5.01. The molecule has 0 radical (unpaired) electrons. The summed E-state index contributed by atoms with van der Waals surface area (Å²) in [4.78, 5) is 14.4. The summed E-state index contributed by atoms with van der Waals surface area (Å²) in [6, 6.07) is 15.8. The quantitative estimate of drug-likeness (QED) is 0.944. The number of nitrogens with zero attached hydrogens (tertiary/aromatic N) is 1. The molecule has 22 heavy (non-hydrogen) atoms. The van der Waals surface area contributed by atoms with Crippen molar-refractivity contribution in [2.45, 2.75) is 19.1 Å². The maximum atomic E-state index is 12.6. The highest BCUT2D eigenvalue weighted by molar-refractivity contribution is 5.83. The number of carbonyl (C=O) groups is 1. The molecule has 0 fully saturated rings. The van der Waals surface area contributed by atoms with E-state index in [4.69, 9.17) is 10.5 Å². The summed E-state index contributed by atoms with van der Waals surface area (Å²) in [5, 5.41) is 0. The standard InChI is InChI=1S/C18H20N2O2/c1-22-12-17(19)18(21)20-10-13-6-2-4-8-15(13)16-9-5-3-7-14(16)11-20/h2-9,17H,10-12,19H2,1H3. The fourth-order valence-electron chi connectivity index (χ4n) is 2.95. The normalized spacial score (nSPS) is 14.7. The van der Waals surface area contributed by atoms with Gasteiger partial charge in [0.25, 0.3) is 0 Å². The lowest BCUT2D eigenvalue weighted by Gasteiger charge is -2.24. The molecule has 1 unspecified atom stereocenters. The van der Waals surface area contributed by atoms with Crippen LogP contribution in [0.2, 0.25) is 0 Å². The Balaban J connectivity index is 2.00. The Morgan fingerprint density at radius 1 is 1.09 bits per heavy atom. The lowest BCUT2D eigenvalue weighted by atomic mass is 9.97. The molecule has 1 amide bonds. The maximum Gasteiger partial charge on any atom is 0.242 e. The van der Waals surface area contributed by atoms with Crippen molar-refractivity contribution in [2.24, 2.45) is 5.73 Å². The van der Waals surface area contributed by atoms with E-state index in [9.17, 15) is 4.79 Å². The number of amides is 1. The SMILES string of the molecule is COCC(N)C(=O)N1Cc2ccccc2-c2ccccc2C1. The molecule has 0 aromatic heterocycles. The average Bonchev–Trinajstić information content (AvgIpc) is 2.71. The van der Waals surface area contributed by atoms with Crippen LogP contribution in [0, 0.1) is 0 Å². The van der Waals surface area contributed by atoms with Gasteiger partial charge in [-0.2, -0.15) is 0 Å². The van der Waals surface area contributed by atoms with E-state index in [2.05, 4.69) is 24.3 Å². The molecule has 1 heterocycles. The van der Waals surface area contributed by atoms with Crippen LogP contribution < -0.4 is 5.73 Å². The third kappa shape index (κ3) is 2.75. The van der Waals surface area contributed by atoms with Crippen molar-refractivity contribution in [2.75, 3.05) is 13.7 Å². The molecule has 2 N–H and O–H groups in total. The second-order valence-corrected chi connectivity index (χ2v) is 5.57. The van der Waals surface area contributed by atoms with Crippen LogP contribution in [-0.4, -0.2) is 30.6 Å². The van der Waals surface area contributed by atoms with Crippen molar-refractivity contribution in [3.05, 3.63) is 59.7 Å². The molecule has 114 valence electrons. The van der Waals surface area contributed by atoms with Crippen LogP contribution in [0.25, 0.3) is 11.1 Å². The predicted octanol–water partition coefficient (Wildman–Crippen LogP) is 2.17. The molecule has 1 atom stereocenters. The highest BCUT2D eigenvalue weighted by atomic mass is 16.5. The number of carbonyl (C=O) groups excluding carboxylic acids is 1. The highest BCUT2D eigenvalue weighted by Gasteiger charge is 2.25. The predicted molar refractivity (Wildman–Crippen MR) is 86.0 cm³/mol. The number of ether oxygens (including phenoxy) is 1. The van der Waals surface area contributed by atoms with Gasteiger partial charge in [-0.1, -0.05) is 48.5 Å². The molecule has 2 aromatic carbocycles. The van der Waals surface area contributed by atoms with Crippen molar-refractivity contribution in [1.29, 1.82) is 0 Å². The van der Waals surface area contributed by atoms with Crippen LogP contribution in [-0.2, 0) is 22.6 Å². The molecule has 0 bridgehead atoms. The monoisotopic (exact) mass is 296 g/mol. The number of rotatable bonds is 3. The Hall–Kier alpha value is -2.17. The Morgan fingerprint density at radius 3 is 2.09 bits per heavy atom. The zero-order chi connectivity index (χ0) is 15.5. The first-order valence-electron chi connectivity index (χ1n) is 7.40. The first-order chi connectivity index (χ1) is 10.7. The van der Waals surface area contributed by atoms with Crippen molar-refractivity contribution >= 4 is 5.91 Å². The maximum absolute atomic E-state index is 12.6. The first-order valence-corrected chi connectivity index (χ1v) is 7.40. The molecule has 3 rings (SSSR count). The van der Waals surface area contributed by atoms with Crippen LogP contribution in [0.15, 0.2) is 48.5 Å². The van der Waals surface area contributed by atoms with Gasteiger partial charge in [-0.25, -0.2) is 0 Å². The molecule has 0 saturated heterocycles. The zero-order valence-electron chi connectivity index (χ0n) is 12.7. The molecule has 4 nitrogen and oxygen atoms in total. The van der Waals surface area contributed by atoms with Crippen molar-refractivity contribution in [3.8, 4) is 11.1 Å². The van der Waals surface area contributed by atoms with E-state index >= 15 is 0 Å². The zero-order valence-corrected chi connectivity index (χ0v) is 12.7. The van der Waals surface area contributed by atoms with E-state index in [1.807, 2.05) is 29.2 Å². The van der Waals surface area contributed by atoms with Gasteiger partial charge in [-0.3, -0.25) is 4.79 Å². The van der Waals surface area contributed by atoms with Crippen LogP contribution in [0.5, 0.6) is 0 Å². The number of benzene rings is 2. The Morgan fingerprint density at radius 2 is 1.59 bits per heavy atom. The van der Waals surface area contributed by atoms with E-state index in [0.29, 0.717) is 13.1 Å². The minimum Gasteiger partial charge on any atom is -0.383 e. The molecule has 0 aliphatic carbocycles. The second-order valence-electron chi connectivity index (χ2n) is 5.57. The Kier molecular flexibility index (Phi) is 4.22. The minimum absolute atomic E-state index is 0.0756. The number of hydrogen-bond donors (Lipinski definition) is 1. The van der Waals surface area contributed by atoms with Gasteiger partial charge in [-0.15, -0.1) is 0 Å². The van der Waals surface area contributed by atoms with Gasteiger partial charge in [0.05, 0.1) is 6.61 Å². The van der Waals surface area contributed by atoms with E-state index in [1.165, 1.54) is 11.1 Å². The summed E-state index contributed by atoms with van der Waals surface area (Å²) in [5.41, 5.74) is 10.6. The molecule has 0 spiro atoms. The molecule has 2 aromatic rings. The number of methoxy groups -OCH3 is 1. The Labute approximate surface area is 130 Å². The van der Waals surface area contributed by atoms with Gasteiger partial charge in [0.1, 0.15) is 6.04 Å². The molecule has 4 heteroatoms. The fraction of sp³-hybridized carbons (Fsp3) is 0.278. The van der Waals surface area contributed by atoms with E-state index in [0.717, 1.165) is 11.1 Å². The van der Waals surface area contributed by atoms with Gasteiger partial charge in [0.2, 0.25) is 5.91 Å². The summed E-state index contributed by atoms with van der Waals surface area (Å²) >= 11 is 0. The molecular weight excluding hydrogens is 276 g/mol. The second kappa shape index (κ2) is 6.30. The smallest absolute Gasteiger partial charge is 0.242 e. The molecule has 1 aliphatic rings. The van der Waals surface area contributed by atoms with Crippen molar-refractivity contribution < 1.29 is 9.53 Å². The number of fused-ring (bicyclic) bond motifs is 3. The summed E-state index contributed by atoms with van der Waals surface area (Å²) in [5.74, 6) is -0.0756. The number of hydrogen-bond acceptors (Lipinski definition) is 3. The van der Waals surface area contributed by atoms with Gasteiger partial charge in [0, 0.05) is 20.2 Å². The Bertz CT molecular complexity index is 637. The van der Waals surface area contributed by atoms with Gasteiger partial charge < -0.3 is 15.4 Å². The minimum atomic E-state index is -0.623. The molecule has 1 aliphatic heterocycles. The average molecular weight is 296 g/mol. The molecule has 0 saturated carbocycles. The van der Waals surface area contributed by atoms with Crippen molar-refractivity contribution in [3.63, 3.8) is 0 Å². The highest BCUT2D eigenvalue weighted by Crippen LogP contribution is 2.32.